The molecule has 0 atom stereocenters. The number of hydrogen-bond donors (Lipinski definition) is 1. The van der Waals surface area contributed by atoms with E-state index < -0.39 is 10.0 Å². The average molecular weight is 391 g/mol. The van der Waals surface area contributed by atoms with Crippen LogP contribution in [0, 0.1) is 0 Å². The Balaban J connectivity index is 1.79. The molecule has 0 saturated carbocycles. The lowest BCUT2D eigenvalue weighted by Crippen LogP contribution is -2.26. The Morgan fingerprint density at radius 3 is 2.85 bits per heavy atom. The lowest BCUT2D eigenvalue weighted by molar-refractivity contribution is 0.402. The topological polar surface area (TPSA) is 117 Å². The molecule has 0 saturated heterocycles. The summed E-state index contributed by atoms with van der Waals surface area (Å²) in [5, 5.41) is 15.6. The van der Waals surface area contributed by atoms with Crippen molar-refractivity contribution in [3.63, 3.8) is 0 Å². The second kappa shape index (κ2) is 8.27. The lowest BCUT2D eigenvalue weighted by atomic mass is 10.2. The first-order valence-corrected chi connectivity index (χ1v) is 9.95. The molecule has 3 rings (SSSR count). The van der Waals surface area contributed by atoms with Crippen LogP contribution in [0.5, 0.6) is 5.75 Å². The van der Waals surface area contributed by atoms with Gasteiger partial charge in [0.05, 0.1) is 7.11 Å². The van der Waals surface area contributed by atoms with Crippen molar-refractivity contribution in [3.05, 3.63) is 36.7 Å². The number of nitrogens with one attached hydrogen (secondary N) is 1. The van der Waals surface area contributed by atoms with Crippen LogP contribution >= 0.6 is 0 Å². The van der Waals surface area contributed by atoms with Crippen LogP contribution in [-0.2, 0) is 23.1 Å². The second-order valence-electron chi connectivity index (χ2n) is 5.70. The molecule has 2 heterocycles. The third-order valence-electron chi connectivity index (χ3n) is 3.96. The molecular formula is C16H21N7O3S. The largest absolute Gasteiger partial charge is 0.495 e. The molecule has 0 aliphatic rings. The molecule has 27 heavy (non-hydrogen) atoms. The van der Waals surface area contributed by atoms with Gasteiger partial charge in [-0.25, -0.2) is 17.8 Å². The highest BCUT2D eigenvalue weighted by atomic mass is 32.2. The first kappa shape index (κ1) is 19.0. The molecule has 0 unspecified atom stereocenters. The summed E-state index contributed by atoms with van der Waals surface area (Å²) in [6, 6.07) is 6.67. The molecule has 0 spiro atoms. The van der Waals surface area contributed by atoms with Gasteiger partial charge >= 0.3 is 0 Å². The zero-order valence-electron chi connectivity index (χ0n) is 15.1. The maximum atomic E-state index is 12.8. The van der Waals surface area contributed by atoms with Gasteiger partial charge < -0.3 is 4.74 Å². The van der Waals surface area contributed by atoms with Crippen LogP contribution in [0.3, 0.4) is 0 Å². The Bertz CT molecular complexity index is 983. The Kier molecular flexibility index (Phi) is 5.81. The number of methoxy groups -OCH3 is 1. The standard InChI is InChI=1S/C16H21N7O3S/c1-3-23-16(19-20-21-23)13-6-7-14(26-2)15(12-13)27(24,25)18-9-5-11-22-10-4-8-17-22/h4,6-8,10,12,18H,3,5,9,11H2,1-2H3. The van der Waals surface area contributed by atoms with Crippen molar-refractivity contribution in [2.75, 3.05) is 13.7 Å². The predicted octanol–water partition coefficient (Wildman–Crippen LogP) is 0.934. The number of aromatic nitrogens is 6. The SMILES string of the molecule is CCn1nnnc1-c1ccc(OC)c(S(=O)(=O)NCCCn2cccn2)c1. The number of nitrogens with zero attached hydrogens (tertiary/aromatic N) is 6. The lowest BCUT2D eigenvalue weighted by Gasteiger charge is -2.12. The molecule has 1 aromatic carbocycles. The van der Waals surface area contributed by atoms with E-state index in [2.05, 4.69) is 25.3 Å². The summed E-state index contributed by atoms with van der Waals surface area (Å²) in [4.78, 5) is 0.0484. The minimum Gasteiger partial charge on any atom is -0.495 e. The fourth-order valence-electron chi connectivity index (χ4n) is 2.61. The van der Waals surface area contributed by atoms with Crippen molar-refractivity contribution in [2.24, 2.45) is 0 Å². The van der Waals surface area contributed by atoms with Crippen molar-refractivity contribution < 1.29 is 13.2 Å². The van der Waals surface area contributed by atoms with Gasteiger partial charge in [-0.2, -0.15) is 5.10 Å². The van der Waals surface area contributed by atoms with Gasteiger partial charge in [0, 0.05) is 37.6 Å². The van der Waals surface area contributed by atoms with Crippen molar-refractivity contribution in [3.8, 4) is 17.1 Å². The Morgan fingerprint density at radius 1 is 1.30 bits per heavy atom. The fraction of sp³-hybridized carbons (Fsp3) is 0.375. The van der Waals surface area contributed by atoms with Gasteiger partial charge in [0.25, 0.3) is 0 Å². The highest BCUT2D eigenvalue weighted by molar-refractivity contribution is 7.89. The number of aryl methyl sites for hydroxylation is 2. The maximum absolute atomic E-state index is 12.8. The summed E-state index contributed by atoms with van der Waals surface area (Å²) in [6.07, 6.45) is 4.13. The first-order chi connectivity index (χ1) is 13.0. The number of rotatable bonds is 9. The molecule has 0 aliphatic heterocycles. The van der Waals surface area contributed by atoms with Crippen LogP contribution < -0.4 is 9.46 Å². The van der Waals surface area contributed by atoms with Crippen molar-refractivity contribution in [1.29, 1.82) is 0 Å². The summed E-state index contributed by atoms with van der Waals surface area (Å²) in [5.41, 5.74) is 0.597. The molecule has 11 heteroatoms. The van der Waals surface area contributed by atoms with E-state index in [1.54, 1.807) is 27.7 Å². The van der Waals surface area contributed by atoms with Gasteiger partial charge in [0.1, 0.15) is 10.6 Å². The maximum Gasteiger partial charge on any atom is 0.244 e. The quantitative estimate of drug-likeness (QED) is 0.539. The highest BCUT2D eigenvalue weighted by Crippen LogP contribution is 2.28. The van der Waals surface area contributed by atoms with Crippen LogP contribution in [0.1, 0.15) is 13.3 Å². The second-order valence-corrected chi connectivity index (χ2v) is 7.44. The van der Waals surface area contributed by atoms with E-state index >= 15 is 0 Å². The fourth-order valence-corrected chi connectivity index (χ4v) is 3.88. The molecule has 0 fully saturated rings. The molecule has 0 aliphatic carbocycles. The monoisotopic (exact) mass is 391 g/mol. The van der Waals surface area contributed by atoms with E-state index in [4.69, 9.17) is 4.74 Å². The number of ether oxygens (including phenoxy) is 1. The predicted molar refractivity (Wildman–Crippen MR) is 97.5 cm³/mol. The third-order valence-corrected chi connectivity index (χ3v) is 5.44. The summed E-state index contributed by atoms with van der Waals surface area (Å²) < 4.78 is 36.7. The first-order valence-electron chi connectivity index (χ1n) is 8.47. The number of benzene rings is 1. The minimum atomic E-state index is -3.76. The molecular weight excluding hydrogens is 370 g/mol. The zero-order valence-corrected chi connectivity index (χ0v) is 15.9. The summed E-state index contributed by atoms with van der Waals surface area (Å²) in [5.74, 6) is 0.754. The Hall–Kier alpha value is -2.79. The van der Waals surface area contributed by atoms with Gasteiger partial charge in [-0.1, -0.05) is 0 Å². The molecule has 0 bridgehead atoms. The van der Waals surface area contributed by atoms with E-state index in [1.807, 2.05) is 19.2 Å². The van der Waals surface area contributed by atoms with Crippen molar-refractivity contribution in [2.45, 2.75) is 31.3 Å². The average Bonchev–Trinajstić information content (AvgIpc) is 3.36. The van der Waals surface area contributed by atoms with Gasteiger partial charge in [0.2, 0.25) is 10.0 Å². The molecule has 144 valence electrons. The number of tetrazole rings is 1. The summed E-state index contributed by atoms with van der Waals surface area (Å²) in [6.45, 7) is 3.38. The van der Waals surface area contributed by atoms with Crippen molar-refractivity contribution in [1.82, 2.24) is 34.7 Å². The summed E-state index contributed by atoms with van der Waals surface area (Å²) in [7, 11) is -2.33. The van der Waals surface area contributed by atoms with Gasteiger partial charge in [-0.15, -0.1) is 5.10 Å². The molecule has 2 aromatic heterocycles. The van der Waals surface area contributed by atoms with E-state index in [1.165, 1.54) is 13.2 Å². The number of sulfonamides is 1. The van der Waals surface area contributed by atoms with E-state index in [9.17, 15) is 8.42 Å². The molecule has 10 nitrogen and oxygen atoms in total. The van der Waals surface area contributed by atoms with Crippen LogP contribution in [0.2, 0.25) is 0 Å². The zero-order chi connectivity index (χ0) is 19.3. The third kappa shape index (κ3) is 4.31. The van der Waals surface area contributed by atoms with Crippen LogP contribution in [0.4, 0.5) is 0 Å². The number of hydrogen-bond acceptors (Lipinski definition) is 7. The smallest absolute Gasteiger partial charge is 0.244 e. The minimum absolute atomic E-state index is 0.0484. The van der Waals surface area contributed by atoms with Crippen molar-refractivity contribution >= 4 is 10.0 Å². The van der Waals surface area contributed by atoms with Crippen LogP contribution in [0.15, 0.2) is 41.6 Å². The summed E-state index contributed by atoms with van der Waals surface area (Å²) >= 11 is 0. The molecule has 0 amide bonds. The molecule has 3 aromatic rings. The van der Waals surface area contributed by atoms with Gasteiger partial charge in [-0.05, 0) is 48.0 Å². The van der Waals surface area contributed by atoms with Gasteiger partial charge in [0.15, 0.2) is 5.82 Å². The Morgan fingerprint density at radius 2 is 2.15 bits per heavy atom. The molecule has 1 N–H and O–H groups in total. The van der Waals surface area contributed by atoms with Crippen LogP contribution in [0.25, 0.3) is 11.4 Å². The van der Waals surface area contributed by atoms with Crippen LogP contribution in [-0.4, -0.2) is 52.1 Å². The normalized spacial score (nSPS) is 11.6. The highest BCUT2D eigenvalue weighted by Gasteiger charge is 2.21. The van der Waals surface area contributed by atoms with E-state index in [-0.39, 0.29) is 17.2 Å². The van der Waals surface area contributed by atoms with E-state index in [0.29, 0.717) is 30.9 Å². The Labute approximate surface area is 157 Å². The van der Waals surface area contributed by atoms with E-state index in [0.717, 1.165) is 0 Å². The van der Waals surface area contributed by atoms with Gasteiger partial charge in [-0.3, -0.25) is 4.68 Å². The molecule has 0 radical (unpaired) electrons.